The second-order valence-electron chi connectivity index (χ2n) is 3.67. The molecule has 1 aromatic heterocycles. The lowest BCUT2D eigenvalue weighted by Crippen LogP contribution is -2.27. The maximum atomic E-state index is 11.4. The summed E-state index contributed by atoms with van der Waals surface area (Å²) in [5, 5.41) is 3.27. The van der Waals surface area contributed by atoms with Gasteiger partial charge in [0, 0.05) is 19.5 Å². The van der Waals surface area contributed by atoms with Gasteiger partial charge in [0.15, 0.2) is 0 Å². The molecule has 2 rings (SSSR count). The number of ether oxygens (including phenoxy) is 1. The van der Waals surface area contributed by atoms with Crippen molar-refractivity contribution in [3.05, 3.63) is 17.7 Å². The van der Waals surface area contributed by atoms with Crippen molar-refractivity contribution in [3.63, 3.8) is 0 Å². The Hall–Kier alpha value is -1.36. The van der Waals surface area contributed by atoms with E-state index in [1.807, 2.05) is 11.5 Å². The molecule has 1 unspecified atom stereocenters. The van der Waals surface area contributed by atoms with Crippen molar-refractivity contribution in [3.8, 4) is 0 Å². The number of hydrogen-bond acceptors (Lipinski definition) is 4. The van der Waals surface area contributed by atoms with Crippen LogP contribution in [0.15, 0.2) is 6.33 Å². The molecule has 1 aliphatic heterocycles. The largest absolute Gasteiger partial charge is 0.467 e. The summed E-state index contributed by atoms with van der Waals surface area (Å²) in [5.41, 5.74) is 2.18. The van der Waals surface area contributed by atoms with Crippen LogP contribution in [0.5, 0.6) is 0 Å². The zero-order valence-corrected chi connectivity index (χ0v) is 8.99. The summed E-state index contributed by atoms with van der Waals surface area (Å²) in [6.45, 7) is 3.55. The molecule has 0 radical (unpaired) electrons. The first kappa shape index (κ1) is 10.2. The number of esters is 1. The zero-order chi connectivity index (χ0) is 10.8. The van der Waals surface area contributed by atoms with E-state index in [4.69, 9.17) is 4.74 Å². The Morgan fingerprint density at radius 1 is 1.73 bits per heavy atom. The molecule has 5 nitrogen and oxygen atoms in total. The van der Waals surface area contributed by atoms with E-state index in [-0.39, 0.29) is 12.0 Å². The molecule has 0 saturated carbocycles. The summed E-state index contributed by atoms with van der Waals surface area (Å²) in [6.07, 6.45) is 2.65. The first-order chi connectivity index (χ1) is 7.24. The molecule has 0 aromatic carbocycles. The van der Waals surface area contributed by atoms with Crippen LogP contribution in [0, 0.1) is 0 Å². The predicted molar refractivity (Wildman–Crippen MR) is 54.4 cm³/mol. The van der Waals surface area contributed by atoms with Gasteiger partial charge in [0.1, 0.15) is 6.04 Å². The monoisotopic (exact) mass is 209 g/mol. The van der Waals surface area contributed by atoms with Gasteiger partial charge in [-0.15, -0.1) is 0 Å². The molecule has 1 atom stereocenters. The molecule has 0 aliphatic carbocycles. The van der Waals surface area contributed by atoms with Crippen LogP contribution < -0.4 is 5.32 Å². The number of nitrogens with zero attached hydrogens (tertiary/aromatic N) is 2. The van der Waals surface area contributed by atoms with Crippen molar-refractivity contribution in [2.24, 2.45) is 0 Å². The minimum Gasteiger partial charge on any atom is -0.467 e. The Labute approximate surface area is 88.4 Å². The number of imidazole rings is 1. The second kappa shape index (κ2) is 4.02. The van der Waals surface area contributed by atoms with E-state index in [0.29, 0.717) is 0 Å². The highest BCUT2D eigenvalue weighted by Crippen LogP contribution is 2.17. The minimum atomic E-state index is -0.300. The highest BCUT2D eigenvalue weighted by molar-refractivity contribution is 5.73. The Bertz CT molecular complexity index is 373. The van der Waals surface area contributed by atoms with Crippen LogP contribution in [0.4, 0.5) is 0 Å². The summed E-state index contributed by atoms with van der Waals surface area (Å²) >= 11 is 0. The molecule has 15 heavy (non-hydrogen) atoms. The number of hydrogen-bond donors (Lipinski definition) is 1. The molecule has 0 amide bonds. The van der Waals surface area contributed by atoms with Gasteiger partial charge in [-0.3, -0.25) is 0 Å². The predicted octanol–water partition coefficient (Wildman–Crippen LogP) is 0.263. The summed E-state index contributed by atoms with van der Waals surface area (Å²) < 4.78 is 6.60. The van der Waals surface area contributed by atoms with Crippen LogP contribution in [-0.4, -0.2) is 29.2 Å². The Morgan fingerprint density at radius 2 is 2.53 bits per heavy atom. The highest BCUT2D eigenvalue weighted by Gasteiger charge is 2.22. The fraction of sp³-hybridized carbons (Fsp3) is 0.600. The molecule has 0 bridgehead atoms. The van der Waals surface area contributed by atoms with Crippen molar-refractivity contribution in [1.29, 1.82) is 0 Å². The lowest BCUT2D eigenvalue weighted by molar-refractivity contribution is -0.144. The molecule has 1 aromatic rings. The average molecular weight is 209 g/mol. The van der Waals surface area contributed by atoms with E-state index in [0.717, 1.165) is 30.9 Å². The second-order valence-corrected chi connectivity index (χ2v) is 3.67. The average Bonchev–Trinajstić information content (AvgIpc) is 2.70. The molecule has 2 heterocycles. The van der Waals surface area contributed by atoms with Crippen LogP contribution in [-0.2, 0) is 22.5 Å². The van der Waals surface area contributed by atoms with Crippen LogP contribution in [0.3, 0.4) is 0 Å². The summed E-state index contributed by atoms with van der Waals surface area (Å²) in [4.78, 5) is 15.7. The van der Waals surface area contributed by atoms with Crippen molar-refractivity contribution >= 4 is 5.97 Å². The Balaban J connectivity index is 2.28. The standard InChI is InChI=1S/C10H15N3O2/c1-7(10(14)15-2)13-6-12-8-3-4-11-5-9(8)13/h6-7,11H,3-5H2,1-2H3. The number of carbonyl (C=O) groups is 1. The van der Waals surface area contributed by atoms with E-state index < -0.39 is 0 Å². The fourth-order valence-corrected chi connectivity index (χ4v) is 1.86. The summed E-state index contributed by atoms with van der Waals surface area (Å²) in [6, 6.07) is -0.300. The van der Waals surface area contributed by atoms with Crippen molar-refractivity contribution < 1.29 is 9.53 Å². The van der Waals surface area contributed by atoms with Crippen LogP contribution in [0.1, 0.15) is 24.4 Å². The number of nitrogens with one attached hydrogen (secondary N) is 1. The SMILES string of the molecule is COC(=O)C(C)n1cnc2c1CNCC2. The van der Waals surface area contributed by atoms with E-state index >= 15 is 0 Å². The smallest absolute Gasteiger partial charge is 0.328 e. The summed E-state index contributed by atoms with van der Waals surface area (Å²) in [7, 11) is 1.40. The van der Waals surface area contributed by atoms with Crippen LogP contribution in [0.25, 0.3) is 0 Å². The first-order valence-electron chi connectivity index (χ1n) is 5.07. The topological polar surface area (TPSA) is 56.2 Å². The number of rotatable bonds is 2. The van der Waals surface area contributed by atoms with E-state index in [9.17, 15) is 4.79 Å². The van der Waals surface area contributed by atoms with Gasteiger partial charge in [0.2, 0.25) is 0 Å². The molecule has 5 heteroatoms. The summed E-state index contributed by atoms with van der Waals surface area (Å²) in [5.74, 6) is -0.235. The highest BCUT2D eigenvalue weighted by atomic mass is 16.5. The van der Waals surface area contributed by atoms with Crippen molar-refractivity contribution in [2.75, 3.05) is 13.7 Å². The number of aromatic nitrogens is 2. The van der Waals surface area contributed by atoms with Gasteiger partial charge in [-0.2, -0.15) is 0 Å². The van der Waals surface area contributed by atoms with Gasteiger partial charge in [-0.05, 0) is 6.92 Å². The van der Waals surface area contributed by atoms with Crippen LogP contribution >= 0.6 is 0 Å². The molecular weight excluding hydrogens is 194 g/mol. The molecule has 82 valence electrons. The molecule has 0 fully saturated rings. The van der Waals surface area contributed by atoms with E-state index in [1.165, 1.54) is 7.11 Å². The normalized spacial score (nSPS) is 16.9. The molecule has 0 saturated heterocycles. The Kier molecular flexibility index (Phi) is 2.73. The third-order valence-electron chi connectivity index (χ3n) is 2.77. The van der Waals surface area contributed by atoms with E-state index in [1.54, 1.807) is 6.33 Å². The van der Waals surface area contributed by atoms with Crippen LogP contribution in [0.2, 0.25) is 0 Å². The lowest BCUT2D eigenvalue weighted by Gasteiger charge is -2.18. The fourth-order valence-electron chi connectivity index (χ4n) is 1.86. The molecule has 1 aliphatic rings. The zero-order valence-electron chi connectivity index (χ0n) is 8.99. The van der Waals surface area contributed by atoms with Crippen molar-refractivity contribution in [2.45, 2.75) is 25.9 Å². The lowest BCUT2D eigenvalue weighted by atomic mass is 10.1. The minimum absolute atomic E-state index is 0.235. The maximum Gasteiger partial charge on any atom is 0.328 e. The third kappa shape index (κ3) is 1.74. The third-order valence-corrected chi connectivity index (χ3v) is 2.77. The van der Waals surface area contributed by atoms with Gasteiger partial charge < -0.3 is 14.6 Å². The molecule has 1 N–H and O–H groups in total. The maximum absolute atomic E-state index is 11.4. The van der Waals surface area contributed by atoms with Crippen molar-refractivity contribution in [1.82, 2.24) is 14.9 Å². The van der Waals surface area contributed by atoms with Gasteiger partial charge >= 0.3 is 5.97 Å². The van der Waals surface area contributed by atoms with Gasteiger partial charge in [-0.1, -0.05) is 0 Å². The first-order valence-corrected chi connectivity index (χ1v) is 5.07. The molecule has 0 spiro atoms. The van der Waals surface area contributed by atoms with Gasteiger partial charge in [0.25, 0.3) is 0 Å². The quantitative estimate of drug-likeness (QED) is 0.710. The number of carbonyl (C=O) groups excluding carboxylic acids is 1. The number of methoxy groups -OCH3 is 1. The Morgan fingerprint density at radius 3 is 3.27 bits per heavy atom. The van der Waals surface area contributed by atoms with Gasteiger partial charge in [-0.25, -0.2) is 9.78 Å². The van der Waals surface area contributed by atoms with Gasteiger partial charge in [0.05, 0.1) is 24.8 Å². The van der Waals surface area contributed by atoms with E-state index in [2.05, 4.69) is 10.3 Å². The number of fused-ring (bicyclic) bond motifs is 1. The molecular formula is C10H15N3O2.